The molecule has 2 aromatic rings. The summed E-state index contributed by atoms with van der Waals surface area (Å²) in [7, 11) is 0. The van der Waals surface area contributed by atoms with E-state index in [1.54, 1.807) is 4.90 Å². The number of ether oxygens (including phenoxy) is 1. The van der Waals surface area contributed by atoms with Gasteiger partial charge in [0, 0.05) is 25.1 Å². The van der Waals surface area contributed by atoms with Crippen LogP contribution in [0.15, 0.2) is 59.7 Å². The van der Waals surface area contributed by atoms with E-state index < -0.39 is 5.97 Å². The highest BCUT2D eigenvalue weighted by atomic mass is 16.5. The molecular formula is C24H25N3O4. The molecule has 0 saturated carbocycles. The number of nitrogens with zero attached hydrogens (tertiary/aromatic N) is 3. The number of carbonyl (C=O) groups is 3. The number of aryl methyl sites for hydroxylation is 1. The molecule has 0 aliphatic carbocycles. The number of hydrogen-bond donors (Lipinski definition) is 0. The first kappa shape index (κ1) is 20.8. The lowest BCUT2D eigenvalue weighted by atomic mass is 10.0. The summed E-state index contributed by atoms with van der Waals surface area (Å²) >= 11 is 0. The van der Waals surface area contributed by atoms with E-state index in [0.29, 0.717) is 19.5 Å². The van der Waals surface area contributed by atoms with Crippen LogP contribution in [0.4, 0.5) is 5.69 Å². The predicted octanol–water partition coefficient (Wildman–Crippen LogP) is 2.93. The second-order valence-electron chi connectivity index (χ2n) is 7.62. The molecule has 7 heteroatoms. The van der Waals surface area contributed by atoms with Crippen molar-refractivity contribution in [3.8, 4) is 0 Å². The largest absolute Gasteiger partial charge is 0.456 e. The van der Waals surface area contributed by atoms with Crippen molar-refractivity contribution in [3.05, 3.63) is 65.7 Å². The van der Waals surface area contributed by atoms with Crippen LogP contribution in [0.5, 0.6) is 0 Å². The van der Waals surface area contributed by atoms with E-state index in [1.807, 2.05) is 54.6 Å². The van der Waals surface area contributed by atoms with Gasteiger partial charge in [0.05, 0.1) is 18.7 Å². The molecule has 2 amide bonds. The van der Waals surface area contributed by atoms with E-state index >= 15 is 0 Å². The van der Waals surface area contributed by atoms with Gasteiger partial charge < -0.3 is 9.64 Å². The van der Waals surface area contributed by atoms with Crippen molar-refractivity contribution in [2.45, 2.75) is 32.1 Å². The standard InChI is InChI=1S/C24H25N3O4/c28-22(27-16-14-20(25-27)18-7-2-1-3-8-18)12-13-24(30)31-17-23(29)26-15-6-10-19-9-4-5-11-21(19)26/h1-5,7-9,11H,6,10,12-17H2. The van der Waals surface area contributed by atoms with Gasteiger partial charge in [0.2, 0.25) is 5.91 Å². The van der Waals surface area contributed by atoms with Crippen molar-refractivity contribution in [2.24, 2.45) is 5.10 Å². The fourth-order valence-electron chi connectivity index (χ4n) is 3.89. The van der Waals surface area contributed by atoms with Gasteiger partial charge in [-0.3, -0.25) is 14.4 Å². The molecule has 0 saturated heterocycles. The van der Waals surface area contributed by atoms with Gasteiger partial charge in [-0.05, 0) is 30.0 Å². The highest BCUT2D eigenvalue weighted by Crippen LogP contribution is 2.26. The van der Waals surface area contributed by atoms with E-state index in [4.69, 9.17) is 4.74 Å². The van der Waals surface area contributed by atoms with Crippen molar-refractivity contribution in [1.29, 1.82) is 0 Å². The lowest BCUT2D eigenvalue weighted by Gasteiger charge is -2.29. The van der Waals surface area contributed by atoms with Crippen molar-refractivity contribution >= 4 is 29.2 Å². The van der Waals surface area contributed by atoms with Crippen LogP contribution >= 0.6 is 0 Å². The minimum Gasteiger partial charge on any atom is -0.456 e. The van der Waals surface area contributed by atoms with Crippen molar-refractivity contribution < 1.29 is 19.1 Å². The van der Waals surface area contributed by atoms with Crippen LogP contribution in [0.25, 0.3) is 0 Å². The third kappa shape index (κ3) is 4.99. The van der Waals surface area contributed by atoms with Gasteiger partial charge >= 0.3 is 5.97 Å². The molecule has 0 N–H and O–H groups in total. The van der Waals surface area contributed by atoms with Crippen molar-refractivity contribution in [1.82, 2.24) is 5.01 Å². The van der Waals surface area contributed by atoms with E-state index in [1.165, 1.54) is 5.01 Å². The summed E-state index contributed by atoms with van der Waals surface area (Å²) in [6.45, 7) is 0.801. The topological polar surface area (TPSA) is 79.3 Å². The molecule has 2 aliphatic rings. The van der Waals surface area contributed by atoms with Crippen LogP contribution in [0.1, 0.15) is 36.8 Å². The molecule has 2 heterocycles. The Balaban J connectivity index is 1.23. The zero-order valence-electron chi connectivity index (χ0n) is 17.3. The van der Waals surface area contributed by atoms with E-state index in [2.05, 4.69) is 5.10 Å². The number of para-hydroxylation sites is 1. The Morgan fingerprint density at radius 3 is 2.48 bits per heavy atom. The average Bonchev–Trinajstić information content (AvgIpc) is 3.32. The molecular weight excluding hydrogens is 394 g/mol. The molecule has 160 valence electrons. The number of benzene rings is 2. The molecule has 0 radical (unpaired) electrons. The van der Waals surface area contributed by atoms with Gasteiger partial charge in [-0.25, -0.2) is 5.01 Å². The minimum absolute atomic E-state index is 0.00510. The highest BCUT2D eigenvalue weighted by Gasteiger charge is 2.24. The first-order valence-corrected chi connectivity index (χ1v) is 10.6. The highest BCUT2D eigenvalue weighted by molar-refractivity contribution is 6.02. The molecule has 0 spiro atoms. The minimum atomic E-state index is -0.557. The molecule has 2 aliphatic heterocycles. The maximum absolute atomic E-state index is 12.5. The maximum Gasteiger partial charge on any atom is 0.306 e. The Labute approximate surface area is 181 Å². The molecule has 4 rings (SSSR count). The summed E-state index contributed by atoms with van der Waals surface area (Å²) in [5.41, 5.74) is 3.87. The number of carbonyl (C=O) groups excluding carboxylic acids is 3. The fraction of sp³-hybridized carbons (Fsp3) is 0.333. The number of fused-ring (bicyclic) bond motifs is 1. The Kier molecular flexibility index (Phi) is 6.40. The first-order valence-electron chi connectivity index (χ1n) is 10.6. The number of hydrazone groups is 1. The van der Waals surface area contributed by atoms with Crippen molar-refractivity contribution in [2.75, 3.05) is 24.6 Å². The predicted molar refractivity (Wildman–Crippen MR) is 117 cm³/mol. The fourth-order valence-corrected chi connectivity index (χ4v) is 3.89. The molecule has 2 aromatic carbocycles. The molecule has 0 unspecified atom stereocenters. The van der Waals surface area contributed by atoms with Gasteiger partial charge in [-0.15, -0.1) is 0 Å². The van der Waals surface area contributed by atoms with Gasteiger partial charge in [-0.2, -0.15) is 5.10 Å². The SMILES string of the molecule is O=C(CCC(=O)N1CCC(c2ccccc2)=N1)OCC(=O)N1CCCc2ccccc21. The third-order valence-electron chi connectivity index (χ3n) is 5.51. The summed E-state index contributed by atoms with van der Waals surface area (Å²) in [5, 5.41) is 5.79. The molecule has 0 atom stereocenters. The zero-order valence-corrected chi connectivity index (χ0v) is 17.3. The quantitative estimate of drug-likeness (QED) is 0.675. The summed E-state index contributed by atoms with van der Waals surface area (Å²) in [4.78, 5) is 38.7. The normalized spacial score (nSPS) is 15.3. The maximum atomic E-state index is 12.5. The Morgan fingerprint density at radius 1 is 0.871 bits per heavy atom. The Hall–Kier alpha value is -3.48. The van der Waals surface area contributed by atoms with Gasteiger partial charge in [0.1, 0.15) is 0 Å². The van der Waals surface area contributed by atoms with Crippen LogP contribution < -0.4 is 4.90 Å². The second kappa shape index (κ2) is 9.55. The number of esters is 1. The molecule has 0 fully saturated rings. The summed E-state index contributed by atoms with van der Waals surface area (Å²) in [6.07, 6.45) is 2.44. The van der Waals surface area contributed by atoms with Crippen LogP contribution in [0.3, 0.4) is 0 Å². The monoisotopic (exact) mass is 419 g/mol. The van der Waals surface area contributed by atoms with Crippen LogP contribution in [0.2, 0.25) is 0 Å². The lowest BCUT2D eigenvalue weighted by Crippen LogP contribution is -2.38. The first-order chi connectivity index (χ1) is 15.1. The van der Waals surface area contributed by atoms with Crippen molar-refractivity contribution in [3.63, 3.8) is 0 Å². The summed E-state index contributed by atoms with van der Waals surface area (Å²) in [5.74, 6) is -1.03. The van der Waals surface area contributed by atoms with Gasteiger partial charge in [0.15, 0.2) is 6.61 Å². The number of rotatable bonds is 6. The lowest BCUT2D eigenvalue weighted by molar-refractivity contribution is -0.149. The van der Waals surface area contributed by atoms with Crippen LogP contribution in [-0.4, -0.2) is 48.2 Å². The number of anilines is 1. The molecule has 31 heavy (non-hydrogen) atoms. The second-order valence-corrected chi connectivity index (χ2v) is 7.62. The van der Waals surface area contributed by atoms with Crippen LogP contribution in [0, 0.1) is 0 Å². The van der Waals surface area contributed by atoms with Gasteiger partial charge in [-0.1, -0.05) is 48.5 Å². The number of amides is 2. The molecule has 0 aromatic heterocycles. The van der Waals surface area contributed by atoms with E-state index in [-0.39, 0.29) is 31.3 Å². The number of hydrogen-bond acceptors (Lipinski definition) is 5. The average molecular weight is 419 g/mol. The zero-order chi connectivity index (χ0) is 21.6. The summed E-state index contributed by atoms with van der Waals surface area (Å²) in [6, 6.07) is 17.5. The smallest absolute Gasteiger partial charge is 0.306 e. The van der Waals surface area contributed by atoms with E-state index in [0.717, 1.165) is 35.4 Å². The van der Waals surface area contributed by atoms with Gasteiger partial charge in [0.25, 0.3) is 5.91 Å². The molecule has 0 bridgehead atoms. The van der Waals surface area contributed by atoms with E-state index in [9.17, 15) is 14.4 Å². The Bertz CT molecular complexity index is 1000. The van der Waals surface area contributed by atoms with Crippen LogP contribution in [-0.2, 0) is 25.5 Å². The molecule has 7 nitrogen and oxygen atoms in total. The Morgan fingerprint density at radius 2 is 1.65 bits per heavy atom. The third-order valence-corrected chi connectivity index (χ3v) is 5.51. The summed E-state index contributed by atoms with van der Waals surface area (Å²) < 4.78 is 5.14.